The molecule has 0 aliphatic carbocycles. The van der Waals surface area contributed by atoms with E-state index in [1.54, 1.807) is 31.4 Å². The number of hydrogen-bond donors (Lipinski definition) is 0. The highest BCUT2D eigenvalue weighted by Gasteiger charge is 2.06. The minimum atomic E-state index is -0.381. The van der Waals surface area contributed by atoms with Gasteiger partial charge in [0.05, 0.1) is 19.3 Å². The Balaban J connectivity index is 2.43. The molecule has 1 aromatic rings. The molecule has 0 unspecified atom stereocenters. The van der Waals surface area contributed by atoms with Crippen LogP contribution < -0.4 is 4.74 Å². The molecule has 0 aliphatic rings. The molecule has 1 rings (SSSR count). The average molecular weight is 222 g/mol. The minimum absolute atomic E-state index is 0.267. The van der Waals surface area contributed by atoms with Gasteiger partial charge in [-0.3, -0.25) is 0 Å². The van der Waals surface area contributed by atoms with Crippen molar-refractivity contribution in [2.24, 2.45) is 0 Å². The summed E-state index contributed by atoms with van der Waals surface area (Å²) < 4.78 is 9.94. The van der Waals surface area contributed by atoms with Gasteiger partial charge in [-0.1, -0.05) is 0 Å². The summed E-state index contributed by atoms with van der Waals surface area (Å²) in [6, 6.07) is 6.67. The first-order valence-corrected chi connectivity index (χ1v) is 5.02. The van der Waals surface area contributed by atoms with Crippen molar-refractivity contribution in [3.05, 3.63) is 29.8 Å². The number of carbonyl (C=O) groups excluding carboxylic acids is 2. The molecule has 0 aliphatic heterocycles. The summed E-state index contributed by atoms with van der Waals surface area (Å²) in [5.41, 5.74) is 0.479. The van der Waals surface area contributed by atoms with Crippen LogP contribution in [-0.2, 0) is 9.53 Å². The molecule has 0 bridgehead atoms. The van der Waals surface area contributed by atoms with Crippen molar-refractivity contribution in [2.45, 2.75) is 12.8 Å². The maximum absolute atomic E-state index is 11.5. The van der Waals surface area contributed by atoms with Gasteiger partial charge in [0.2, 0.25) is 0 Å². The van der Waals surface area contributed by atoms with Crippen LogP contribution >= 0.6 is 0 Å². The summed E-state index contributed by atoms with van der Waals surface area (Å²) >= 11 is 0. The monoisotopic (exact) mass is 222 g/mol. The van der Waals surface area contributed by atoms with E-state index in [4.69, 9.17) is 9.47 Å². The second-order valence-electron chi connectivity index (χ2n) is 3.17. The van der Waals surface area contributed by atoms with Gasteiger partial charge in [0.1, 0.15) is 12.0 Å². The number of esters is 1. The van der Waals surface area contributed by atoms with Crippen LogP contribution in [0.1, 0.15) is 23.2 Å². The van der Waals surface area contributed by atoms with Crippen molar-refractivity contribution in [2.75, 3.05) is 13.7 Å². The van der Waals surface area contributed by atoms with Crippen molar-refractivity contribution < 1.29 is 19.1 Å². The summed E-state index contributed by atoms with van der Waals surface area (Å²) in [6.45, 7) is 0.267. The molecule has 0 radical (unpaired) electrons. The standard InChI is InChI=1S/C12H14O4/c1-15-11-6-4-10(5-7-11)12(14)16-9-3-2-8-13/h4-8H,2-3,9H2,1H3. The highest BCUT2D eigenvalue weighted by atomic mass is 16.5. The molecule has 0 spiro atoms. The topological polar surface area (TPSA) is 52.6 Å². The largest absolute Gasteiger partial charge is 0.497 e. The summed E-state index contributed by atoms with van der Waals surface area (Å²) in [4.78, 5) is 21.5. The highest BCUT2D eigenvalue weighted by Crippen LogP contribution is 2.12. The van der Waals surface area contributed by atoms with Crippen molar-refractivity contribution in [3.8, 4) is 5.75 Å². The molecular formula is C12H14O4. The molecule has 4 heteroatoms. The van der Waals surface area contributed by atoms with Crippen LogP contribution in [0.3, 0.4) is 0 Å². The van der Waals surface area contributed by atoms with E-state index >= 15 is 0 Å². The fourth-order valence-corrected chi connectivity index (χ4v) is 1.14. The molecule has 86 valence electrons. The Hall–Kier alpha value is -1.84. The number of rotatable bonds is 6. The number of methoxy groups -OCH3 is 1. The molecule has 0 saturated heterocycles. The van der Waals surface area contributed by atoms with Gasteiger partial charge in [-0.25, -0.2) is 4.79 Å². The maximum atomic E-state index is 11.5. The smallest absolute Gasteiger partial charge is 0.338 e. The fraction of sp³-hybridized carbons (Fsp3) is 0.333. The second kappa shape index (κ2) is 6.61. The van der Waals surface area contributed by atoms with Crippen LogP contribution in [0, 0.1) is 0 Å². The molecule has 0 saturated carbocycles. The second-order valence-corrected chi connectivity index (χ2v) is 3.17. The summed E-state index contributed by atoms with van der Waals surface area (Å²) in [7, 11) is 1.56. The normalized spacial score (nSPS) is 9.56. The van der Waals surface area contributed by atoms with E-state index in [-0.39, 0.29) is 12.6 Å². The molecule has 0 amide bonds. The Kier molecular flexibility index (Phi) is 5.05. The van der Waals surface area contributed by atoms with E-state index in [1.165, 1.54) is 0 Å². The zero-order chi connectivity index (χ0) is 11.8. The van der Waals surface area contributed by atoms with Crippen LogP contribution in [0.2, 0.25) is 0 Å². The van der Waals surface area contributed by atoms with E-state index in [0.717, 1.165) is 6.29 Å². The van der Waals surface area contributed by atoms with Crippen molar-refractivity contribution in [1.82, 2.24) is 0 Å². The predicted octanol–water partition coefficient (Wildman–Crippen LogP) is 1.83. The van der Waals surface area contributed by atoms with Gasteiger partial charge in [-0.15, -0.1) is 0 Å². The van der Waals surface area contributed by atoms with Crippen molar-refractivity contribution >= 4 is 12.3 Å². The lowest BCUT2D eigenvalue weighted by Gasteiger charge is -2.04. The Labute approximate surface area is 94.2 Å². The summed E-state index contributed by atoms with van der Waals surface area (Å²) in [5.74, 6) is 0.311. The maximum Gasteiger partial charge on any atom is 0.338 e. The number of benzene rings is 1. The van der Waals surface area contributed by atoms with Gasteiger partial charge < -0.3 is 14.3 Å². The summed E-state index contributed by atoms with van der Waals surface area (Å²) in [6.07, 6.45) is 1.78. The first-order valence-electron chi connectivity index (χ1n) is 5.02. The lowest BCUT2D eigenvalue weighted by Crippen LogP contribution is -2.06. The number of aldehydes is 1. The molecule has 0 fully saturated rings. The van der Waals surface area contributed by atoms with Crippen molar-refractivity contribution in [1.29, 1.82) is 0 Å². The van der Waals surface area contributed by atoms with Gasteiger partial charge in [0.25, 0.3) is 0 Å². The van der Waals surface area contributed by atoms with Crippen LogP contribution in [0.4, 0.5) is 0 Å². The fourth-order valence-electron chi connectivity index (χ4n) is 1.14. The Morgan fingerprint density at radius 1 is 1.31 bits per heavy atom. The third-order valence-corrected chi connectivity index (χ3v) is 2.03. The third kappa shape index (κ3) is 3.73. The molecule has 0 atom stereocenters. The van der Waals surface area contributed by atoms with E-state index in [1.807, 2.05) is 0 Å². The van der Waals surface area contributed by atoms with Crippen LogP contribution in [-0.4, -0.2) is 26.0 Å². The molecule has 0 N–H and O–H groups in total. The van der Waals surface area contributed by atoms with E-state index in [9.17, 15) is 9.59 Å². The van der Waals surface area contributed by atoms with Crippen LogP contribution in [0.15, 0.2) is 24.3 Å². The van der Waals surface area contributed by atoms with Gasteiger partial charge in [0.15, 0.2) is 0 Å². The van der Waals surface area contributed by atoms with Gasteiger partial charge >= 0.3 is 5.97 Å². The third-order valence-electron chi connectivity index (χ3n) is 2.03. The first-order chi connectivity index (χ1) is 7.77. The minimum Gasteiger partial charge on any atom is -0.497 e. The molecule has 4 nitrogen and oxygen atoms in total. The number of ether oxygens (including phenoxy) is 2. The Morgan fingerprint density at radius 2 is 2.00 bits per heavy atom. The number of unbranched alkanes of at least 4 members (excludes halogenated alkanes) is 1. The van der Waals surface area contributed by atoms with E-state index < -0.39 is 0 Å². The summed E-state index contributed by atoms with van der Waals surface area (Å²) in [5, 5.41) is 0. The van der Waals surface area contributed by atoms with Gasteiger partial charge in [-0.2, -0.15) is 0 Å². The van der Waals surface area contributed by atoms with Crippen LogP contribution in [0.5, 0.6) is 5.75 Å². The molecule has 16 heavy (non-hydrogen) atoms. The van der Waals surface area contributed by atoms with E-state index in [0.29, 0.717) is 24.2 Å². The number of carbonyl (C=O) groups is 2. The SMILES string of the molecule is COc1ccc(C(=O)OCCCC=O)cc1. The molecular weight excluding hydrogens is 208 g/mol. The van der Waals surface area contributed by atoms with Gasteiger partial charge in [0, 0.05) is 6.42 Å². The van der Waals surface area contributed by atoms with Gasteiger partial charge in [-0.05, 0) is 30.7 Å². The first kappa shape index (κ1) is 12.2. The molecule has 0 heterocycles. The number of hydrogen-bond acceptors (Lipinski definition) is 4. The quantitative estimate of drug-likeness (QED) is 0.418. The molecule has 1 aromatic carbocycles. The predicted molar refractivity (Wildman–Crippen MR) is 58.6 cm³/mol. The zero-order valence-corrected chi connectivity index (χ0v) is 9.14. The lowest BCUT2D eigenvalue weighted by molar-refractivity contribution is -0.108. The lowest BCUT2D eigenvalue weighted by atomic mass is 10.2. The Bertz CT molecular complexity index is 343. The Morgan fingerprint density at radius 3 is 2.56 bits per heavy atom. The van der Waals surface area contributed by atoms with Crippen molar-refractivity contribution in [3.63, 3.8) is 0 Å². The molecule has 0 aromatic heterocycles. The zero-order valence-electron chi connectivity index (χ0n) is 9.14. The van der Waals surface area contributed by atoms with E-state index in [2.05, 4.69) is 0 Å². The average Bonchev–Trinajstić information content (AvgIpc) is 2.34. The highest BCUT2D eigenvalue weighted by molar-refractivity contribution is 5.89. The van der Waals surface area contributed by atoms with Crippen LogP contribution in [0.25, 0.3) is 0 Å².